The Morgan fingerprint density at radius 3 is 2.69 bits per heavy atom. The average Bonchev–Trinajstić information content (AvgIpc) is 2.61. The van der Waals surface area contributed by atoms with Crippen LogP contribution < -0.4 is 10.6 Å². The molecule has 138 valence electrons. The van der Waals surface area contributed by atoms with Gasteiger partial charge in [-0.1, -0.05) is 30.7 Å². The van der Waals surface area contributed by atoms with Crippen LogP contribution in [0.4, 0.5) is 24.5 Å². The summed E-state index contributed by atoms with van der Waals surface area (Å²) in [5.41, 5.74) is 8.31. The zero-order valence-electron chi connectivity index (χ0n) is 14.3. The number of nitrogens with zero attached hydrogens (tertiary/aromatic N) is 2. The molecule has 7 heteroatoms. The van der Waals surface area contributed by atoms with E-state index in [4.69, 9.17) is 17.3 Å². The van der Waals surface area contributed by atoms with Gasteiger partial charge in [0.1, 0.15) is 0 Å². The van der Waals surface area contributed by atoms with E-state index in [0.717, 1.165) is 36.1 Å². The Balaban J connectivity index is 2.01. The van der Waals surface area contributed by atoms with Gasteiger partial charge in [-0.05, 0) is 54.7 Å². The lowest BCUT2D eigenvalue weighted by atomic mass is 9.99. The summed E-state index contributed by atoms with van der Waals surface area (Å²) in [7, 11) is 0. The molecule has 2 aromatic carbocycles. The smallest absolute Gasteiger partial charge is 0.369 e. The Morgan fingerprint density at radius 1 is 1.23 bits per heavy atom. The van der Waals surface area contributed by atoms with E-state index in [1.54, 1.807) is 11.0 Å². The number of halogens is 4. The number of guanidine groups is 1. The molecule has 0 bridgehead atoms. The number of hydrogen-bond donors (Lipinski definition) is 1. The van der Waals surface area contributed by atoms with Crippen LogP contribution in [0.25, 0.3) is 0 Å². The highest BCUT2D eigenvalue weighted by atomic mass is 35.5. The number of hydrogen-bond acceptors (Lipinski definition) is 1. The normalized spacial score (nSPS) is 15.1. The molecule has 1 aliphatic rings. The Morgan fingerprint density at radius 2 is 2.00 bits per heavy atom. The summed E-state index contributed by atoms with van der Waals surface area (Å²) >= 11 is 6.19. The second kappa shape index (κ2) is 7.19. The van der Waals surface area contributed by atoms with Crippen molar-refractivity contribution >= 4 is 28.9 Å². The van der Waals surface area contributed by atoms with Crippen molar-refractivity contribution in [2.45, 2.75) is 32.4 Å². The standard InChI is InChI=1S/C19H19ClF3N3/c1-2-12-5-8-15(20)16(10-12)25-18(24)26-9-3-4-13-6-7-14(11-17(13)26)19(21,22)23/h5-8,10-11H,2-4,9H2,1H3,(H2,24,25). The highest BCUT2D eigenvalue weighted by Gasteiger charge is 2.32. The Kier molecular flexibility index (Phi) is 5.14. The van der Waals surface area contributed by atoms with Crippen LogP contribution in [-0.4, -0.2) is 12.5 Å². The van der Waals surface area contributed by atoms with E-state index in [0.29, 0.717) is 29.4 Å². The first-order valence-corrected chi connectivity index (χ1v) is 8.77. The summed E-state index contributed by atoms with van der Waals surface area (Å²) in [5.74, 6) is 0.139. The first kappa shape index (κ1) is 18.6. The van der Waals surface area contributed by atoms with Crippen molar-refractivity contribution in [3.05, 3.63) is 58.1 Å². The second-order valence-electron chi connectivity index (χ2n) is 6.21. The molecule has 1 aliphatic heterocycles. The first-order valence-electron chi connectivity index (χ1n) is 8.40. The third-order valence-electron chi connectivity index (χ3n) is 4.46. The van der Waals surface area contributed by atoms with E-state index in [-0.39, 0.29) is 5.96 Å². The van der Waals surface area contributed by atoms with Crippen molar-refractivity contribution in [1.82, 2.24) is 0 Å². The van der Waals surface area contributed by atoms with Gasteiger partial charge in [-0.2, -0.15) is 13.2 Å². The lowest BCUT2D eigenvalue weighted by molar-refractivity contribution is -0.137. The molecule has 3 nitrogen and oxygen atoms in total. The van der Waals surface area contributed by atoms with Gasteiger partial charge >= 0.3 is 6.18 Å². The summed E-state index contributed by atoms with van der Waals surface area (Å²) in [6, 6.07) is 9.26. The lowest BCUT2D eigenvalue weighted by Gasteiger charge is -2.31. The summed E-state index contributed by atoms with van der Waals surface area (Å²) in [6.07, 6.45) is -2.08. The maximum absolute atomic E-state index is 13.1. The fraction of sp³-hybridized carbons (Fsp3) is 0.316. The highest BCUT2D eigenvalue weighted by Crippen LogP contribution is 2.36. The van der Waals surface area contributed by atoms with Gasteiger partial charge in [0.25, 0.3) is 0 Å². The molecule has 2 N–H and O–H groups in total. The van der Waals surface area contributed by atoms with Crippen LogP contribution in [-0.2, 0) is 19.0 Å². The summed E-state index contributed by atoms with van der Waals surface area (Å²) in [6.45, 7) is 2.52. The molecule has 1 heterocycles. The molecule has 0 saturated heterocycles. The van der Waals surface area contributed by atoms with E-state index >= 15 is 0 Å². The van der Waals surface area contributed by atoms with Gasteiger partial charge in [0, 0.05) is 12.2 Å². The van der Waals surface area contributed by atoms with E-state index < -0.39 is 11.7 Å². The number of rotatable bonds is 2. The zero-order chi connectivity index (χ0) is 18.9. The maximum Gasteiger partial charge on any atom is 0.416 e. The van der Waals surface area contributed by atoms with E-state index in [2.05, 4.69) is 4.99 Å². The van der Waals surface area contributed by atoms with E-state index in [1.165, 1.54) is 6.07 Å². The maximum atomic E-state index is 13.1. The molecule has 0 radical (unpaired) electrons. The van der Waals surface area contributed by atoms with Crippen LogP contribution in [0.1, 0.15) is 30.0 Å². The van der Waals surface area contributed by atoms with Crippen molar-refractivity contribution < 1.29 is 13.2 Å². The topological polar surface area (TPSA) is 41.6 Å². The highest BCUT2D eigenvalue weighted by molar-refractivity contribution is 6.33. The number of nitrogens with two attached hydrogens (primary N) is 1. The van der Waals surface area contributed by atoms with Crippen LogP contribution in [0, 0.1) is 0 Å². The van der Waals surface area contributed by atoms with Crippen molar-refractivity contribution in [3.63, 3.8) is 0 Å². The first-order chi connectivity index (χ1) is 12.3. The zero-order valence-corrected chi connectivity index (χ0v) is 15.0. The van der Waals surface area contributed by atoms with Crippen molar-refractivity contribution in [1.29, 1.82) is 0 Å². The molecule has 2 aromatic rings. The Labute approximate surface area is 155 Å². The molecular formula is C19H19ClF3N3. The van der Waals surface area contributed by atoms with Crippen LogP contribution in [0.15, 0.2) is 41.4 Å². The van der Waals surface area contributed by atoms with Gasteiger partial charge in [-0.15, -0.1) is 0 Å². The molecule has 0 atom stereocenters. The van der Waals surface area contributed by atoms with Crippen LogP contribution in [0.5, 0.6) is 0 Å². The fourth-order valence-electron chi connectivity index (χ4n) is 3.04. The SMILES string of the molecule is CCc1ccc(Cl)c(N=C(N)N2CCCc3ccc(C(F)(F)F)cc32)c1. The molecule has 0 aromatic heterocycles. The predicted octanol–water partition coefficient (Wildman–Crippen LogP) is 5.32. The third kappa shape index (κ3) is 3.80. The predicted molar refractivity (Wildman–Crippen MR) is 99.2 cm³/mol. The second-order valence-corrected chi connectivity index (χ2v) is 6.61. The molecule has 0 unspecified atom stereocenters. The number of anilines is 1. The molecule has 0 saturated carbocycles. The molecule has 26 heavy (non-hydrogen) atoms. The fourth-order valence-corrected chi connectivity index (χ4v) is 3.20. The van der Waals surface area contributed by atoms with Gasteiger partial charge < -0.3 is 10.6 Å². The molecule has 0 fully saturated rings. The van der Waals surface area contributed by atoms with Gasteiger partial charge in [0.05, 0.1) is 16.3 Å². The minimum Gasteiger partial charge on any atom is -0.369 e. The minimum atomic E-state index is -4.40. The monoisotopic (exact) mass is 381 g/mol. The van der Waals surface area contributed by atoms with Gasteiger partial charge in [-0.3, -0.25) is 0 Å². The average molecular weight is 382 g/mol. The molecule has 3 rings (SSSR count). The van der Waals surface area contributed by atoms with Crippen molar-refractivity contribution in [2.24, 2.45) is 10.7 Å². The quantitative estimate of drug-likeness (QED) is 0.565. The number of alkyl halides is 3. The van der Waals surface area contributed by atoms with Gasteiger partial charge in [-0.25, -0.2) is 4.99 Å². The minimum absolute atomic E-state index is 0.139. The summed E-state index contributed by atoms with van der Waals surface area (Å²) in [4.78, 5) is 6.02. The summed E-state index contributed by atoms with van der Waals surface area (Å²) < 4.78 is 39.2. The van der Waals surface area contributed by atoms with E-state index in [9.17, 15) is 13.2 Å². The van der Waals surface area contributed by atoms with Crippen LogP contribution in [0.3, 0.4) is 0 Å². The van der Waals surface area contributed by atoms with Crippen LogP contribution >= 0.6 is 11.6 Å². The molecular weight excluding hydrogens is 363 g/mol. The number of fused-ring (bicyclic) bond motifs is 1. The Bertz CT molecular complexity index is 846. The van der Waals surface area contributed by atoms with Crippen LogP contribution in [0.2, 0.25) is 5.02 Å². The number of benzene rings is 2. The number of aryl methyl sites for hydroxylation is 2. The Hall–Kier alpha value is -2.21. The third-order valence-corrected chi connectivity index (χ3v) is 4.78. The van der Waals surface area contributed by atoms with Crippen molar-refractivity contribution in [2.75, 3.05) is 11.4 Å². The van der Waals surface area contributed by atoms with E-state index in [1.807, 2.05) is 19.1 Å². The lowest BCUT2D eigenvalue weighted by Crippen LogP contribution is -2.40. The number of aliphatic imine (C=N–C) groups is 1. The molecule has 0 amide bonds. The van der Waals surface area contributed by atoms with Gasteiger partial charge in [0.2, 0.25) is 5.96 Å². The largest absolute Gasteiger partial charge is 0.416 e. The van der Waals surface area contributed by atoms with Gasteiger partial charge in [0.15, 0.2) is 0 Å². The molecule has 0 spiro atoms. The summed E-state index contributed by atoms with van der Waals surface area (Å²) in [5, 5.41) is 0.450. The van der Waals surface area contributed by atoms with Crippen molar-refractivity contribution in [3.8, 4) is 0 Å². The molecule has 0 aliphatic carbocycles.